The Labute approximate surface area is 158 Å². The lowest BCUT2D eigenvalue weighted by Crippen LogP contribution is -2.29. The third kappa shape index (κ3) is 2.45. The summed E-state index contributed by atoms with van der Waals surface area (Å²) in [5.41, 5.74) is 0.773. The van der Waals surface area contributed by atoms with Gasteiger partial charge in [0.15, 0.2) is 5.43 Å². The van der Waals surface area contributed by atoms with Crippen LogP contribution in [-0.4, -0.2) is 10.8 Å². The van der Waals surface area contributed by atoms with E-state index in [0.717, 1.165) is 11.6 Å². The molecule has 2 aromatic heterocycles. The molecule has 0 spiro atoms. The largest absolute Gasteiger partial charge is 0.467 e. The highest BCUT2D eigenvalue weighted by atomic mass is 19.1. The Bertz CT molecular complexity index is 1250. The zero-order valence-electron chi connectivity index (χ0n) is 14.6. The molecule has 0 aliphatic carbocycles. The van der Waals surface area contributed by atoms with Gasteiger partial charge in [0.2, 0.25) is 5.76 Å². The molecule has 0 N–H and O–H groups in total. The molecule has 28 heavy (non-hydrogen) atoms. The minimum absolute atomic E-state index is 0.00971. The first kappa shape index (κ1) is 16.5. The molecule has 0 fully saturated rings. The molecule has 0 unspecified atom stereocenters. The van der Waals surface area contributed by atoms with Crippen LogP contribution in [0.1, 0.15) is 33.5 Å². The van der Waals surface area contributed by atoms with Crippen molar-refractivity contribution in [1.82, 2.24) is 4.90 Å². The Balaban J connectivity index is 1.76. The van der Waals surface area contributed by atoms with Crippen molar-refractivity contribution in [3.63, 3.8) is 0 Å². The first-order valence-corrected chi connectivity index (χ1v) is 8.78. The number of fused-ring (bicyclic) bond motifs is 2. The molecule has 0 bridgehead atoms. The first-order chi connectivity index (χ1) is 13.6. The van der Waals surface area contributed by atoms with Gasteiger partial charge in [0.05, 0.1) is 29.8 Å². The lowest BCUT2D eigenvalue weighted by atomic mass is 9.98. The summed E-state index contributed by atoms with van der Waals surface area (Å²) in [5.74, 6) is -0.356. The summed E-state index contributed by atoms with van der Waals surface area (Å²) < 4.78 is 24.9. The molecule has 5 nitrogen and oxygen atoms in total. The van der Waals surface area contributed by atoms with Crippen LogP contribution in [-0.2, 0) is 6.54 Å². The zero-order chi connectivity index (χ0) is 19.3. The van der Waals surface area contributed by atoms with E-state index < -0.39 is 23.2 Å². The van der Waals surface area contributed by atoms with Crippen LogP contribution in [0.15, 0.2) is 80.6 Å². The van der Waals surface area contributed by atoms with Gasteiger partial charge in [-0.05, 0) is 35.9 Å². The topological polar surface area (TPSA) is 63.7 Å². The van der Waals surface area contributed by atoms with Crippen LogP contribution in [0.4, 0.5) is 4.39 Å². The Hall–Kier alpha value is -3.67. The normalized spacial score (nSPS) is 16.0. The Morgan fingerprint density at radius 3 is 2.57 bits per heavy atom. The molecule has 1 atom stereocenters. The van der Waals surface area contributed by atoms with Gasteiger partial charge < -0.3 is 13.7 Å². The molecule has 1 amide bonds. The van der Waals surface area contributed by atoms with Crippen LogP contribution in [0.3, 0.4) is 0 Å². The zero-order valence-corrected chi connectivity index (χ0v) is 14.6. The van der Waals surface area contributed by atoms with Gasteiger partial charge in [-0.25, -0.2) is 4.39 Å². The molecule has 4 aromatic rings. The Morgan fingerprint density at radius 1 is 1.00 bits per heavy atom. The fourth-order valence-corrected chi connectivity index (χ4v) is 3.71. The van der Waals surface area contributed by atoms with Gasteiger partial charge in [0.25, 0.3) is 5.91 Å². The minimum atomic E-state index is -0.641. The quantitative estimate of drug-likeness (QED) is 0.536. The molecule has 1 aliphatic rings. The molecular formula is C22H14FNO4. The summed E-state index contributed by atoms with van der Waals surface area (Å²) in [7, 11) is 0. The van der Waals surface area contributed by atoms with E-state index in [1.165, 1.54) is 18.4 Å². The number of halogens is 1. The van der Waals surface area contributed by atoms with Crippen molar-refractivity contribution in [2.75, 3.05) is 0 Å². The molecule has 0 radical (unpaired) electrons. The molecule has 0 saturated heterocycles. The molecule has 6 heteroatoms. The van der Waals surface area contributed by atoms with E-state index in [0.29, 0.717) is 5.76 Å². The monoisotopic (exact) mass is 375 g/mol. The van der Waals surface area contributed by atoms with Gasteiger partial charge in [-0.15, -0.1) is 0 Å². The van der Waals surface area contributed by atoms with Crippen LogP contribution in [0, 0.1) is 5.82 Å². The highest BCUT2D eigenvalue weighted by Gasteiger charge is 2.43. The summed E-state index contributed by atoms with van der Waals surface area (Å²) in [5, 5.41) is 0.118. The molecular weight excluding hydrogens is 361 g/mol. The highest BCUT2D eigenvalue weighted by molar-refractivity contribution is 5.99. The number of carbonyl (C=O) groups is 1. The van der Waals surface area contributed by atoms with Crippen LogP contribution >= 0.6 is 0 Å². The fourth-order valence-electron chi connectivity index (χ4n) is 3.71. The van der Waals surface area contributed by atoms with Gasteiger partial charge in [0, 0.05) is 0 Å². The van der Waals surface area contributed by atoms with Crippen molar-refractivity contribution in [2.24, 2.45) is 0 Å². The maximum Gasteiger partial charge on any atom is 0.291 e. The average Bonchev–Trinajstić information content (AvgIpc) is 3.31. The number of hydrogen-bond donors (Lipinski definition) is 0. The number of benzene rings is 2. The number of carbonyl (C=O) groups excluding carboxylic acids is 1. The van der Waals surface area contributed by atoms with Crippen LogP contribution < -0.4 is 5.43 Å². The third-order valence-corrected chi connectivity index (χ3v) is 4.95. The van der Waals surface area contributed by atoms with Crippen molar-refractivity contribution in [3.8, 4) is 0 Å². The second kappa shape index (κ2) is 6.20. The van der Waals surface area contributed by atoms with Gasteiger partial charge in [0.1, 0.15) is 17.2 Å². The lowest BCUT2D eigenvalue weighted by molar-refractivity contribution is 0.0701. The van der Waals surface area contributed by atoms with Gasteiger partial charge in [-0.1, -0.05) is 30.3 Å². The smallest absolute Gasteiger partial charge is 0.291 e. The number of nitrogens with zero attached hydrogens (tertiary/aromatic N) is 1. The fraction of sp³-hybridized carbons (Fsp3) is 0.0909. The number of rotatable bonds is 3. The maximum absolute atomic E-state index is 13.7. The van der Waals surface area contributed by atoms with E-state index in [1.807, 2.05) is 30.3 Å². The molecule has 1 aliphatic heterocycles. The minimum Gasteiger partial charge on any atom is -0.467 e. The van der Waals surface area contributed by atoms with E-state index in [-0.39, 0.29) is 28.8 Å². The van der Waals surface area contributed by atoms with Crippen molar-refractivity contribution < 1.29 is 18.0 Å². The predicted octanol–water partition coefficient (Wildman–Crippen LogP) is 4.27. The van der Waals surface area contributed by atoms with Gasteiger partial charge in [-0.2, -0.15) is 0 Å². The van der Waals surface area contributed by atoms with E-state index in [1.54, 1.807) is 17.0 Å². The van der Waals surface area contributed by atoms with Crippen molar-refractivity contribution in [1.29, 1.82) is 0 Å². The number of furan rings is 1. The maximum atomic E-state index is 13.7. The first-order valence-electron chi connectivity index (χ1n) is 8.78. The van der Waals surface area contributed by atoms with Crippen molar-refractivity contribution >= 4 is 16.9 Å². The summed E-state index contributed by atoms with van der Waals surface area (Å²) in [6, 6.07) is 15.8. The average molecular weight is 375 g/mol. The van der Waals surface area contributed by atoms with E-state index >= 15 is 0 Å². The highest BCUT2D eigenvalue weighted by Crippen LogP contribution is 2.39. The number of amides is 1. The van der Waals surface area contributed by atoms with E-state index in [4.69, 9.17) is 8.83 Å². The molecule has 3 heterocycles. The predicted molar refractivity (Wildman–Crippen MR) is 99.3 cm³/mol. The van der Waals surface area contributed by atoms with Crippen LogP contribution in [0.5, 0.6) is 0 Å². The van der Waals surface area contributed by atoms with Crippen LogP contribution in [0.2, 0.25) is 0 Å². The Kier molecular flexibility index (Phi) is 3.65. The van der Waals surface area contributed by atoms with Gasteiger partial charge >= 0.3 is 0 Å². The van der Waals surface area contributed by atoms with E-state index in [9.17, 15) is 14.0 Å². The molecule has 138 valence electrons. The van der Waals surface area contributed by atoms with E-state index in [2.05, 4.69) is 0 Å². The lowest BCUT2D eigenvalue weighted by Gasteiger charge is -2.24. The molecule has 0 saturated carbocycles. The third-order valence-electron chi connectivity index (χ3n) is 4.95. The molecule has 2 aromatic carbocycles. The summed E-state index contributed by atoms with van der Waals surface area (Å²) >= 11 is 0. The van der Waals surface area contributed by atoms with Crippen LogP contribution in [0.25, 0.3) is 11.0 Å². The van der Waals surface area contributed by atoms with Gasteiger partial charge in [-0.3, -0.25) is 9.59 Å². The summed E-state index contributed by atoms with van der Waals surface area (Å²) in [6.45, 7) is 0.180. The van der Waals surface area contributed by atoms with Crippen molar-refractivity contribution in [2.45, 2.75) is 12.6 Å². The SMILES string of the molecule is O=C1c2oc3ccc(F)cc3c(=O)c2[C@H](c2ccccc2)N1Cc1ccco1. The standard InChI is InChI=1S/C22H14FNO4/c23-14-8-9-17-16(11-14)20(25)18-19(13-5-2-1-3-6-13)24(22(26)21(18)28-17)12-15-7-4-10-27-15/h1-11,19H,12H2/t19-/m0/s1. The molecule has 5 rings (SSSR count). The van der Waals surface area contributed by atoms with Crippen molar-refractivity contribution in [3.05, 3.63) is 106 Å². The second-order valence-corrected chi connectivity index (χ2v) is 6.64. The second-order valence-electron chi connectivity index (χ2n) is 6.64. The Morgan fingerprint density at radius 2 is 1.82 bits per heavy atom. The summed E-state index contributed by atoms with van der Waals surface area (Å²) in [6.07, 6.45) is 1.53. The number of hydrogen-bond acceptors (Lipinski definition) is 4. The summed E-state index contributed by atoms with van der Waals surface area (Å²) in [4.78, 5) is 27.9.